The number of phenols is 2. The number of nitrogens with one attached hydrogen (secondary N) is 2. The lowest BCUT2D eigenvalue weighted by molar-refractivity contribution is -0.126. The van der Waals surface area contributed by atoms with E-state index in [1.165, 1.54) is 29.1 Å². The Hall–Kier alpha value is -2.95. The number of fused-ring (bicyclic) bond motifs is 1. The van der Waals surface area contributed by atoms with E-state index in [-0.39, 0.29) is 17.9 Å². The van der Waals surface area contributed by atoms with Gasteiger partial charge in [-0.15, -0.1) is 0 Å². The number of anilines is 1. The number of primary amides is 1. The largest absolute Gasteiger partial charge is 0.508 e. The lowest BCUT2D eigenvalue weighted by atomic mass is 10.1. The third-order valence-corrected chi connectivity index (χ3v) is 5.64. The second-order valence-corrected chi connectivity index (χ2v) is 8.16. The van der Waals surface area contributed by atoms with Gasteiger partial charge in [-0.25, -0.2) is 4.31 Å². The lowest BCUT2D eigenvalue weighted by Crippen LogP contribution is -2.44. The second-order valence-electron chi connectivity index (χ2n) is 7.02. The van der Waals surface area contributed by atoms with Crippen molar-refractivity contribution in [2.24, 2.45) is 11.5 Å². The third kappa shape index (κ3) is 5.78. The Bertz CT molecular complexity index is 939. The molecule has 9 nitrogen and oxygen atoms in total. The average molecular weight is 432 g/mol. The fourth-order valence-electron chi connectivity index (χ4n) is 3.09. The van der Waals surface area contributed by atoms with Crippen LogP contribution in [0, 0.1) is 0 Å². The van der Waals surface area contributed by atoms with E-state index >= 15 is 0 Å². The molecule has 0 bridgehead atoms. The van der Waals surface area contributed by atoms with Crippen molar-refractivity contribution in [3.8, 4) is 11.5 Å². The van der Waals surface area contributed by atoms with Crippen LogP contribution in [0.5, 0.6) is 11.5 Å². The van der Waals surface area contributed by atoms with Gasteiger partial charge >= 0.3 is 0 Å². The molecule has 1 atom stereocenters. The molecular formula is C20H25N5O4S. The Balaban J connectivity index is 1.47. The molecule has 1 unspecified atom stereocenters. The van der Waals surface area contributed by atoms with Crippen LogP contribution in [0.4, 0.5) is 5.69 Å². The molecule has 2 aromatic carbocycles. The first kappa shape index (κ1) is 21.8. The Morgan fingerprint density at radius 2 is 1.87 bits per heavy atom. The van der Waals surface area contributed by atoms with E-state index in [0.29, 0.717) is 24.5 Å². The molecule has 0 aromatic heterocycles. The van der Waals surface area contributed by atoms with Crippen molar-refractivity contribution in [3.63, 3.8) is 0 Å². The molecule has 8 N–H and O–H groups in total. The van der Waals surface area contributed by atoms with Crippen molar-refractivity contribution >= 4 is 29.4 Å². The summed E-state index contributed by atoms with van der Waals surface area (Å²) in [7, 11) is 0. The van der Waals surface area contributed by atoms with E-state index in [0.717, 1.165) is 12.2 Å². The van der Waals surface area contributed by atoms with Crippen molar-refractivity contribution in [2.45, 2.75) is 30.4 Å². The highest BCUT2D eigenvalue weighted by molar-refractivity contribution is 7.97. The maximum absolute atomic E-state index is 11.8. The van der Waals surface area contributed by atoms with Crippen LogP contribution in [0.25, 0.3) is 0 Å². The number of benzene rings is 2. The van der Waals surface area contributed by atoms with E-state index in [4.69, 9.17) is 11.5 Å². The zero-order chi connectivity index (χ0) is 21.7. The van der Waals surface area contributed by atoms with Crippen LogP contribution in [0.15, 0.2) is 41.3 Å². The van der Waals surface area contributed by atoms with Gasteiger partial charge in [-0.2, -0.15) is 0 Å². The summed E-state index contributed by atoms with van der Waals surface area (Å²) in [5, 5.41) is 25.3. The van der Waals surface area contributed by atoms with E-state index in [1.807, 2.05) is 6.07 Å². The summed E-state index contributed by atoms with van der Waals surface area (Å²) in [5.41, 5.74) is 13.9. The maximum Gasteiger partial charge on any atom is 0.237 e. The minimum atomic E-state index is -0.931. The first-order valence-electron chi connectivity index (χ1n) is 9.44. The fourth-order valence-corrected chi connectivity index (χ4v) is 4.06. The number of carbonyl (C=O) groups is 2. The van der Waals surface area contributed by atoms with Gasteiger partial charge in [0, 0.05) is 37.9 Å². The Labute approximate surface area is 178 Å². The number of phenolic OH excluding ortho intramolecular Hbond substituents is 2. The normalized spacial score (nSPS) is 14.2. The monoisotopic (exact) mass is 431 g/mol. The topological polar surface area (TPSA) is 154 Å². The molecule has 160 valence electrons. The van der Waals surface area contributed by atoms with Crippen molar-refractivity contribution in [1.29, 1.82) is 0 Å². The van der Waals surface area contributed by atoms with Crippen LogP contribution in [-0.2, 0) is 22.7 Å². The smallest absolute Gasteiger partial charge is 0.237 e. The van der Waals surface area contributed by atoms with Crippen molar-refractivity contribution in [1.82, 2.24) is 9.62 Å². The highest BCUT2D eigenvalue weighted by atomic mass is 32.2. The van der Waals surface area contributed by atoms with Gasteiger partial charge in [0.25, 0.3) is 0 Å². The molecule has 0 saturated heterocycles. The first-order chi connectivity index (χ1) is 14.3. The summed E-state index contributed by atoms with van der Waals surface area (Å²) in [4.78, 5) is 23.2. The summed E-state index contributed by atoms with van der Waals surface area (Å²) in [6.45, 7) is 2.33. The fraction of sp³-hybridized carbons (Fsp3) is 0.300. The highest BCUT2D eigenvalue weighted by Gasteiger charge is 2.21. The number of amides is 2. The van der Waals surface area contributed by atoms with Crippen molar-refractivity contribution in [3.05, 3.63) is 47.5 Å². The molecule has 3 rings (SSSR count). The first-order valence-corrected chi connectivity index (χ1v) is 10.2. The van der Waals surface area contributed by atoms with Crippen LogP contribution in [0.3, 0.4) is 0 Å². The Morgan fingerprint density at radius 3 is 2.60 bits per heavy atom. The molecular weight excluding hydrogens is 406 g/mol. The predicted octanol–water partition coefficient (Wildman–Crippen LogP) is 0.852. The van der Waals surface area contributed by atoms with Gasteiger partial charge in [0.05, 0.1) is 17.4 Å². The molecule has 0 saturated carbocycles. The van der Waals surface area contributed by atoms with Crippen LogP contribution < -0.4 is 22.1 Å². The summed E-state index contributed by atoms with van der Waals surface area (Å²) in [6, 6.07) is 9.73. The molecule has 0 radical (unpaired) electrons. The van der Waals surface area contributed by atoms with Crippen molar-refractivity contribution < 1.29 is 19.8 Å². The minimum absolute atomic E-state index is 0.0308. The van der Waals surface area contributed by atoms with Gasteiger partial charge in [0.2, 0.25) is 11.8 Å². The predicted molar refractivity (Wildman–Crippen MR) is 115 cm³/mol. The lowest BCUT2D eigenvalue weighted by Gasteiger charge is -2.14. The molecule has 1 aliphatic heterocycles. The molecule has 0 aliphatic carbocycles. The molecule has 2 aromatic rings. The summed E-state index contributed by atoms with van der Waals surface area (Å²) >= 11 is 1.44. The number of nitrogens with two attached hydrogens (primary N) is 2. The van der Waals surface area contributed by atoms with E-state index < -0.39 is 17.9 Å². The Kier molecular flexibility index (Phi) is 7.03. The molecule has 0 fully saturated rings. The van der Waals surface area contributed by atoms with E-state index in [2.05, 4.69) is 27.1 Å². The molecule has 1 aliphatic rings. The van der Waals surface area contributed by atoms with E-state index in [1.54, 1.807) is 12.1 Å². The van der Waals surface area contributed by atoms with Gasteiger partial charge in [-0.3, -0.25) is 9.59 Å². The molecule has 30 heavy (non-hydrogen) atoms. The van der Waals surface area contributed by atoms with Crippen LogP contribution >= 0.6 is 11.9 Å². The van der Waals surface area contributed by atoms with Crippen molar-refractivity contribution in [2.75, 3.05) is 18.4 Å². The van der Waals surface area contributed by atoms with Crippen LogP contribution in [0.2, 0.25) is 0 Å². The number of carbonyl (C=O) groups excluding carboxylic acids is 2. The standard InChI is InChI=1S/C20H25N5O4S/c21-16(9-19(22)28)20(29)24-6-5-23-14-2-1-12-10-25(11-13(12)7-14)30-18-4-3-15(26)8-17(18)27/h1-4,7-8,16,23,26-27H,5-6,9-11,21H2,(H2,22,28)(H,24,29). The molecule has 0 spiro atoms. The number of rotatable bonds is 9. The molecule has 2 amide bonds. The van der Waals surface area contributed by atoms with Gasteiger partial charge in [-0.1, -0.05) is 6.07 Å². The molecule has 10 heteroatoms. The van der Waals surface area contributed by atoms with Gasteiger partial charge in [0.15, 0.2) is 0 Å². The number of aromatic hydroxyl groups is 2. The van der Waals surface area contributed by atoms with E-state index in [9.17, 15) is 19.8 Å². The minimum Gasteiger partial charge on any atom is -0.508 e. The Morgan fingerprint density at radius 1 is 1.10 bits per heavy atom. The second kappa shape index (κ2) is 9.70. The zero-order valence-corrected chi connectivity index (χ0v) is 17.1. The van der Waals surface area contributed by atoms with Crippen LogP contribution in [-0.4, -0.2) is 45.5 Å². The van der Waals surface area contributed by atoms with Gasteiger partial charge in [-0.05, 0) is 47.3 Å². The maximum atomic E-state index is 11.8. The van der Waals surface area contributed by atoms with Crippen LogP contribution in [0.1, 0.15) is 17.5 Å². The zero-order valence-electron chi connectivity index (χ0n) is 16.3. The quantitative estimate of drug-likeness (QED) is 0.252. The number of hydrogen-bond donors (Lipinski definition) is 6. The highest BCUT2D eigenvalue weighted by Crippen LogP contribution is 2.38. The van der Waals surface area contributed by atoms with Gasteiger partial charge < -0.3 is 32.3 Å². The summed E-state index contributed by atoms with van der Waals surface area (Å²) in [5.74, 6) is -0.935. The summed E-state index contributed by atoms with van der Waals surface area (Å²) < 4.78 is 2.13. The molecule has 1 heterocycles. The summed E-state index contributed by atoms with van der Waals surface area (Å²) in [6.07, 6.45) is -0.180. The number of nitrogens with zero attached hydrogens (tertiary/aromatic N) is 1. The average Bonchev–Trinajstić information content (AvgIpc) is 3.08. The number of hydrogen-bond acceptors (Lipinski definition) is 8. The van der Waals surface area contributed by atoms with Gasteiger partial charge in [0.1, 0.15) is 11.5 Å². The SMILES string of the molecule is NC(=O)CC(N)C(=O)NCCNc1ccc2c(c1)CN(Sc1ccc(O)cc1O)C2. The third-order valence-electron chi connectivity index (χ3n) is 4.58.